The lowest BCUT2D eigenvalue weighted by Gasteiger charge is -2.34. The van der Waals surface area contributed by atoms with Gasteiger partial charge in [0.05, 0.1) is 6.54 Å². The summed E-state index contributed by atoms with van der Waals surface area (Å²) in [5.74, 6) is 2.78. The molecule has 0 aromatic heterocycles. The molecule has 0 bridgehead atoms. The van der Waals surface area contributed by atoms with Gasteiger partial charge in [-0.3, -0.25) is 9.69 Å². The van der Waals surface area contributed by atoms with Crippen LogP contribution in [0.25, 0.3) is 0 Å². The highest BCUT2D eigenvalue weighted by atomic mass is 16.6. The van der Waals surface area contributed by atoms with E-state index in [1.54, 1.807) is 0 Å². The van der Waals surface area contributed by atoms with Crippen LogP contribution in [0, 0.1) is 11.8 Å². The molecule has 2 aliphatic rings. The van der Waals surface area contributed by atoms with Gasteiger partial charge in [0.15, 0.2) is 11.5 Å². The molecule has 2 atom stereocenters. The largest absolute Gasteiger partial charge is 0.486 e. The Morgan fingerprint density at radius 1 is 1.18 bits per heavy atom. The second-order valence-corrected chi connectivity index (χ2v) is 6.55. The van der Waals surface area contributed by atoms with Gasteiger partial charge in [-0.2, -0.15) is 0 Å². The van der Waals surface area contributed by atoms with E-state index in [4.69, 9.17) is 9.47 Å². The Labute approximate surface area is 131 Å². The quantitative estimate of drug-likeness (QED) is 0.931. The first-order valence-electron chi connectivity index (χ1n) is 8.02. The molecule has 1 aromatic rings. The van der Waals surface area contributed by atoms with Gasteiger partial charge in [0.25, 0.3) is 0 Å². The molecule has 1 fully saturated rings. The maximum atomic E-state index is 12.2. The van der Waals surface area contributed by atoms with Crippen LogP contribution in [-0.2, 0) is 4.79 Å². The zero-order valence-corrected chi connectivity index (χ0v) is 13.3. The fraction of sp³-hybridized carbons (Fsp3) is 0.588. The van der Waals surface area contributed by atoms with Crippen molar-refractivity contribution in [3.63, 3.8) is 0 Å². The maximum Gasteiger partial charge on any atom is 0.238 e. The van der Waals surface area contributed by atoms with E-state index in [2.05, 4.69) is 24.1 Å². The first-order chi connectivity index (χ1) is 10.6. The zero-order valence-electron chi connectivity index (χ0n) is 13.3. The van der Waals surface area contributed by atoms with Gasteiger partial charge in [-0.05, 0) is 30.4 Å². The van der Waals surface area contributed by atoms with E-state index < -0.39 is 0 Å². The number of fused-ring (bicyclic) bond motifs is 1. The normalized spacial score (nSPS) is 24.8. The maximum absolute atomic E-state index is 12.2. The number of ether oxygens (including phenoxy) is 2. The number of likely N-dealkylation sites (tertiary alicyclic amines) is 1. The van der Waals surface area contributed by atoms with Crippen LogP contribution in [-0.4, -0.2) is 43.7 Å². The Morgan fingerprint density at radius 3 is 2.59 bits per heavy atom. The number of nitrogens with zero attached hydrogens (tertiary/aromatic N) is 1. The summed E-state index contributed by atoms with van der Waals surface area (Å²) in [6.45, 7) is 8.07. The number of hydrogen-bond donors (Lipinski definition) is 1. The summed E-state index contributed by atoms with van der Waals surface area (Å²) < 4.78 is 11.0. The van der Waals surface area contributed by atoms with Crippen LogP contribution in [0.3, 0.4) is 0 Å². The Hall–Kier alpha value is -1.75. The molecule has 0 aliphatic carbocycles. The number of amides is 1. The van der Waals surface area contributed by atoms with Gasteiger partial charge >= 0.3 is 0 Å². The zero-order chi connectivity index (χ0) is 15.5. The third-order valence-corrected chi connectivity index (χ3v) is 4.14. The highest BCUT2D eigenvalue weighted by molar-refractivity contribution is 5.92. The van der Waals surface area contributed by atoms with Crippen molar-refractivity contribution in [3.8, 4) is 11.5 Å². The summed E-state index contributed by atoms with van der Waals surface area (Å²) in [7, 11) is 0. The lowest BCUT2D eigenvalue weighted by atomic mass is 9.92. The molecule has 1 N–H and O–H groups in total. The van der Waals surface area contributed by atoms with Crippen LogP contribution >= 0.6 is 0 Å². The second-order valence-electron chi connectivity index (χ2n) is 6.55. The standard InChI is InChI=1S/C17H24N2O3/c1-12-7-13(2)10-19(9-12)11-17(20)18-14-3-4-15-16(8-14)22-6-5-21-15/h3-4,8,12-13H,5-7,9-11H2,1-2H3,(H,18,20)/t12-,13-/m1/s1. The minimum Gasteiger partial charge on any atom is -0.486 e. The number of piperidine rings is 1. The molecule has 0 spiro atoms. The Bertz CT molecular complexity index is 537. The number of nitrogens with one attached hydrogen (secondary N) is 1. The van der Waals surface area contributed by atoms with Crippen LogP contribution in [0.1, 0.15) is 20.3 Å². The highest BCUT2D eigenvalue weighted by Gasteiger charge is 2.23. The lowest BCUT2D eigenvalue weighted by Crippen LogP contribution is -2.42. The smallest absolute Gasteiger partial charge is 0.238 e. The third kappa shape index (κ3) is 3.71. The SMILES string of the molecule is C[C@@H]1C[C@@H](C)CN(CC(=O)Nc2ccc3c(c2)OCCO3)C1. The fourth-order valence-electron chi connectivity index (χ4n) is 3.45. The molecule has 2 aliphatic heterocycles. The van der Waals surface area contributed by atoms with Crippen LogP contribution in [0.5, 0.6) is 11.5 Å². The topological polar surface area (TPSA) is 50.8 Å². The summed E-state index contributed by atoms with van der Waals surface area (Å²) >= 11 is 0. The molecule has 22 heavy (non-hydrogen) atoms. The van der Waals surface area contributed by atoms with Crippen molar-refractivity contribution in [1.29, 1.82) is 0 Å². The predicted molar refractivity (Wildman–Crippen MR) is 85.4 cm³/mol. The lowest BCUT2D eigenvalue weighted by molar-refractivity contribution is -0.117. The van der Waals surface area contributed by atoms with Crippen molar-refractivity contribution in [1.82, 2.24) is 4.90 Å². The van der Waals surface area contributed by atoms with Crippen LogP contribution in [0.2, 0.25) is 0 Å². The summed E-state index contributed by atoms with van der Waals surface area (Å²) in [5, 5.41) is 2.95. The van der Waals surface area contributed by atoms with Gasteiger partial charge in [0.2, 0.25) is 5.91 Å². The van der Waals surface area contributed by atoms with E-state index in [9.17, 15) is 4.79 Å². The number of carbonyl (C=O) groups is 1. The average molecular weight is 304 g/mol. The molecular formula is C17H24N2O3. The molecule has 1 aromatic carbocycles. The van der Waals surface area contributed by atoms with Crippen molar-refractivity contribution in [3.05, 3.63) is 18.2 Å². The molecule has 5 heteroatoms. The number of rotatable bonds is 3. The van der Waals surface area contributed by atoms with E-state index in [0.29, 0.717) is 37.3 Å². The Morgan fingerprint density at radius 2 is 1.86 bits per heavy atom. The fourth-order valence-corrected chi connectivity index (χ4v) is 3.45. The number of benzene rings is 1. The first kappa shape index (κ1) is 15.2. The number of anilines is 1. The third-order valence-electron chi connectivity index (χ3n) is 4.14. The van der Waals surface area contributed by atoms with Gasteiger partial charge in [-0.15, -0.1) is 0 Å². The molecule has 0 radical (unpaired) electrons. The number of carbonyl (C=O) groups excluding carboxylic acids is 1. The van der Waals surface area contributed by atoms with Crippen LogP contribution in [0.15, 0.2) is 18.2 Å². The monoisotopic (exact) mass is 304 g/mol. The Balaban J connectivity index is 1.57. The van der Waals surface area contributed by atoms with Crippen molar-refractivity contribution < 1.29 is 14.3 Å². The molecule has 2 heterocycles. The second kappa shape index (κ2) is 6.57. The van der Waals surface area contributed by atoms with Crippen molar-refractivity contribution in [2.24, 2.45) is 11.8 Å². The summed E-state index contributed by atoms with van der Waals surface area (Å²) in [4.78, 5) is 14.5. The van der Waals surface area contributed by atoms with E-state index in [0.717, 1.165) is 24.5 Å². The van der Waals surface area contributed by atoms with Crippen LogP contribution < -0.4 is 14.8 Å². The van der Waals surface area contributed by atoms with Gasteiger partial charge < -0.3 is 14.8 Å². The minimum absolute atomic E-state index is 0.0259. The first-order valence-corrected chi connectivity index (χ1v) is 8.02. The van der Waals surface area contributed by atoms with E-state index >= 15 is 0 Å². The molecule has 0 unspecified atom stereocenters. The molecule has 1 saturated heterocycles. The molecule has 0 saturated carbocycles. The molecular weight excluding hydrogens is 280 g/mol. The summed E-state index contributed by atoms with van der Waals surface area (Å²) in [6.07, 6.45) is 1.25. The van der Waals surface area contributed by atoms with Gasteiger partial charge in [-0.25, -0.2) is 0 Å². The molecule has 120 valence electrons. The van der Waals surface area contributed by atoms with Gasteiger partial charge in [0.1, 0.15) is 13.2 Å². The van der Waals surface area contributed by atoms with Crippen LogP contribution in [0.4, 0.5) is 5.69 Å². The van der Waals surface area contributed by atoms with E-state index in [1.165, 1.54) is 6.42 Å². The molecule has 5 nitrogen and oxygen atoms in total. The van der Waals surface area contributed by atoms with Gasteiger partial charge in [0, 0.05) is 24.8 Å². The predicted octanol–water partition coefficient (Wildman–Crippen LogP) is 2.37. The van der Waals surface area contributed by atoms with Crippen molar-refractivity contribution >= 4 is 11.6 Å². The van der Waals surface area contributed by atoms with E-state index in [-0.39, 0.29) is 5.91 Å². The molecule has 3 rings (SSSR count). The molecule has 1 amide bonds. The average Bonchev–Trinajstić information content (AvgIpc) is 2.45. The van der Waals surface area contributed by atoms with Gasteiger partial charge in [-0.1, -0.05) is 13.8 Å². The Kier molecular flexibility index (Phi) is 4.52. The van der Waals surface area contributed by atoms with Crippen molar-refractivity contribution in [2.75, 3.05) is 38.2 Å². The summed E-state index contributed by atoms with van der Waals surface area (Å²) in [5.41, 5.74) is 0.757. The number of hydrogen-bond acceptors (Lipinski definition) is 4. The highest BCUT2D eigenvalue weighted by Crippen LogP contribution is 2.32. The van der Waals surface area contributed by atoms with E-state index in [1.807, 2.05) is 18.2 Å². The summed E-state index contributed by atoms with van der Waals surface area (Å²) in [6, 6.07) is 5.52. The van der Waals surface area contributed by atoms with Crippen molar-refractivity contribution in [2.45, 2.75) is 20.3 Å². The minimum atomic E-state index is 0.0259.